The summed E-state index contributed by atoms with van der Waals surface area (Å²) in [6.07, 6.45) is -1.88. The number of allylic oxidation sites excluding steroid dienone is 1. The molecule has 1 heterocycles. The van der Waals surface area contributed by atoms with Crippen LogP contribution in [0.1, 0.15) is 11.1 Å². The number of hydrogen-bond acceptors (Lipinski definition) is 3. The standard InChI is InChI=1S/C22H17F3N2OS/c1-16-7-9-18(10-8-16)26-20(12-14-29-19-5-3-2-4-6-19)27-13-11-17(15-21(27)28)22(23,24)25/h2-15H,1H3. The predicted molar refractivity (Wildman–Crippen MR) is 111 cm³/mol. The molecule has 7 heteroatoms. The third-order valence-corrected chi connectivity index (χ3v) is 4.75. The molecule has 0 saturated heterocycles. The SMILES string of the molecule is Cc1ccc(N=C(C=CSc2ccccc2)n2ccc(C(F)(F)F)cc2=O)cc1. The maximum absolute atomic E-state index is 12.9. The Morgan fingerprint density at radius 3 is 2.34 bits per heavy atom. The average molecular weight is 414 g/mol. The third-order valence-electron chi connectivity index (χ3n) is 3.94. The van der Waals surface area contributed by atoms with Crippen molar-refractivity contribution in [3.8, 4) is 0 Å². The number of benzene rings is 2. The van der Waals surface area contributed by atoms with Gasteiger partial charge in [0.15, 0.2) is 0 Å². The largest absolute Gasteiger partial charge is 0.416 e. The van der Waals surface area contributed by atoms with E-state index in [0.29, 0.717) is 11.8 Å². The Labute approximate surface area is 170 Å². The van der Waals surface area contributed by atoms with Gasteiger partial charge >= 0.3 is 6.18 Å². The Morgan fingerprint density at radius 2 is 1.72 bits per heavy atom. The molecule has 0 amide bonds. The smallest absolute Gasteiger partial charge is 0.269 e. The van der Waals surface area contributed by atoms with E-state index in [-0.39, 0.29) is 5.84 Å². The van der Waals surface area contributed by atoms with Gasteiger partial charge in [-0.1, -0.05) is 47.7 Å². The molecular formula is C22H17F3N2OS. The summed E-state index contributed by atoms with van der Waals surface area (Å²) in [6.45, 7) is 1.94. The van der Waals surface area contributed by atoms with Crippen LogP contribution >= 0.6 is 11.8 Å². The number of alkyl halides is 3. The van der Waals surface area contributed by atoms with Crippen LogP contribution in [0.25, 0.3) is 0 Å². The minimum atomic E-state index is -4.58. The number of nitrogens with zero attached hydrogens (tertiary/aromatic N) is 2. The summed E-state index contributed by atoms with van der Waals surface area (Å²) in [4.78, 5) is 17.8. The van der Waals surface area contributed by atoms with Crippen molar-refractivity contribution in [1.82, 2.24) is 4.57 Å². The predicted octanol–water partition coefficient (Wildman–Crippen LogP) is 6.06. The summed E-state index contributed by atoms with van der Waals surface area (Å²) in [7, 11) is 0. The zero-order chi connectivity index (χ0) is 20.9. The van der Waals surface area contributed by atoms with Crippen molar-refractivity contribution < 1.29 is 13.2 Å². The first-order valence-electron chi connectivity index (χ1n) is 8.67. The van der Waals surface area contributed by atoms with Gasteiger partial charge in [0.25, 0.3) is 5.56 Å². The van der Waals surface area contributed by atoms with E-state index in [0.717, 1.165) is 27.3 Å². The van der Waals surface area contributed by atoms with E-state index in [1.807, 2.05) is 49.4 Å². The molecule has 0 aliphatic heterocycles. The highest BCUT2D eigenvalue weighted by atomic mass is 32.2. The molecule has 0 unspecified atom stereocenters. The molecule has 0 bridgehead atoms. The second-order valence-electron chi connectivity index (χ2n) is 6.16. The summed E-state index contributed by atoms with van der Waals surface area (Å²) in [5.74, 6) is 0.219. The van der Waals surface area contributed by atoms with Gasteiger partial charge in [-0.25, -0.2) is 4.99 Å². The Hall–Kier alpha value is -3.06. The Morgan fingerprint density at radius 1 is 1.03 bits per heavy atom. The van der Waals surface area contributed by atoms with Gasteiger partial charge in [-0.3, -0.25) is 9.36 Å². The second kappa shape index (κ2) is 8.96. The molecule has 3 aromatic rings. The van der Waals surface area contributed by atoms with E-state index >= 15 is 0 Å². The highest BCUT2D eigenvalue weighted by Crippen LogP contribution is 2.27. The van der Waals surface area contributed by atoms with Crippen LogP contribution in [-0.4, -0.2) is 10.4 Å². The summed E-state index contributed by atoms with van der Waals surface area (Å²) in [5.41, 5.74) is -0.157. The normalized spacial score (nSPS) is 12.5. The van der Waals surface area contributed by atoms with Gasteiger partial charge in [0.2, 0.25) is 0 Å². The minimum Gasteiger partial charge on any atom is -0.269 e. The molecule has 3 nitrogen and oxygen atoms in total. The van der Waals surface area contributed by atoms with Crippen LogP contribution in [0.3, 0.4) is 0 Å². The Kier molecular flexibility index (Phi) is 6.39. The summed E-state index contributed by atoms with van der Waals surface area (Å²) >= 11 is 1.41. The lowest BCUT2D eigenvalue weighted by molar-refractivity contribution is -0.137. The van der Waals surface area contributed by atoms with E-state index in [9.17, 15) is 18.0 Å². The van der Waals surface area contributed by atoms with E-state index in [1.54, 1.807) is 23.6 Å². The topological polar surface area (TPSA) is 34.4 Å². The fourth-order valence-corrected chi connectivity index (χ4v) is 3.10. The fraction of sp³-hybridized carbons (Fsp3) is 0.0909. The van der Waals surface area contributed by atoms with Gasteiger partial charge in [0, 0.05) is 17.2 Å². The van der Waals surface area contributed by atoms with Gasteiger partial charge < -0.3 is 0 Å². The van der Waals surface area contributed by atoms with E-state index < -0.39 is 17.3 Å². The third kappa shape index (κ3) is 5.71. The number of hydrogen-bond donors (Lipinski definition) is 0. The van der Waals surface area contributed by atoms with Crippen molar-refractivity contribution in [3.05, 3.63) is 106 Å². The maximum Gasteiger partial charge on any atom is 0.416 e. The van der Waals surface area contributed by atoms with Crippen molar-refractivity contribution >= 4 is 23.3 Å². The number of rotatable bonds is 4. The van der Waals surface area contributed by atoms with Gasteiger partial charge in [-0.05, 0) is 48.7 Å². The molecule has 2 aromatic carbocycles. The molecule has 148 valence electrons. The quantitative estimate of drug-likeness (QED) is 0.295. The molecule has 3 rings (SSSR count). The molecule has 0 saturated carbocycles. The zero-order valence-corrected chi connectivity index (χ0v) is 16.2. The highest BCUT2D eigenvalue weighted by molar-refractivity contribution is 8.02. The second-order valence-corrected chi connectivity index (χ2v) is 7.14. The van der Waals surface area contributed by atoms with Crippen molar-refractivity contribution in [1.29, 1.82) is 0 Å². The lowest BCUT2D eigenvalue weighted by Gasteiger charge is -2.10. The first kappa shape index (κ1) is 20.7. The van der Waals surface area contributed by atoms with Crippen LogP contribution in [-0.2, 0) is 6.18 Å². The van der Waals surface area contributed by atoms with Crippen molar-refractivity contribution in [2.24, 2.45) is 4.99 Å². The van der Waals surface area contributed by atoms with Crippen LogP contribution in [0.4, 0.5) is 18.9 Å². The minimum absolute atomic E-state index is 0.219. The molecule has 0 aliphatic rings. The molecule has 0 aliphatic carbocycles. The Bertz CT molecular complexity index is 1090. The highest BCUT2D eigenvalue weighted by Gasteiger charge is 2.31. The van der Waals surface area contributed by atoms with Crippen molar-refractivity contribution in [2.75, 3.05) is 0 Å². The molecule has 0 N–H and O–H groups in total. The summed E-state index contributed by atoms with van der Waals surface area (Å²) < 4.78 is 39.7. The van der Waals surface area contributed by atoms with Crippen LogP contribution in [0.2, 0.25) is 0 Å². The number of aliphatic imine (C=N–C) groups is 1. The number of aryl methyl sites for hydroxylation is 1. The van der Waals surface area contributed by atoms with Crippen molar-refractivity contribution in [2.45, 2.75) is 18.0 Å². The molecule has 0 spiro atoms. The molecule has 0 atom stereocenters. The van der Waals surface area contributed by atoms with Gasteiger partial charge in [-0.2, -0.15) is 13.2 Å². The van der Waals surface area contributed by atoms with Gasteiger partial charge in [0.05, 0.1) is 11.3 Å². The maximum atomic E-state index is 12.9. The lowest BCUT2D eigenvalue weighted by Crippen LogP contribution is -2.26. The molecular weight excluding hydrogens is 397 g/mol. The summed E-state index contributed by atoms with van der Waals surface area (Å²) in [5, 5.41) is 1.74. The van der Waals surface area contributed by atoms with Gasteiger partial charge in [0.1, 0.15) is 5.84 Å². The van der Waals surface area contributed by atoms with Crippen LogP contribution in [0.5, 0.6) is 0 Å². The first-order chi connectivity index (χ1) is 13.8. The number of aromatic nitrogens is 1. The van der Waals surface area contributed by atoms with E-state index in [4.69, 9.17) is 0 Å². The van der Waals surface area contributed by atoms with Crippen LogP contribution in [0, 0.1) is 6.92 Å². The molecule has 0 fully saturated rings. The van der Waals surface area contributed by atoms with Crippen LogP contribution < -0.4 is 5.56 Å². The van der Waals surface area contributed by atoms with Crippen LogP contribution in [0.15, 0.2) is 99.1 Å². The number of pyridine rings is 1. The van der Waals surface area contributed by atoms with E-state index in [1.165, 1.54) is 11.8 Å². The zero-order valence-electron chi connectivity index (χ0n) is 15.4. The number of halogens is 3. The fourth-order valence-electron chi connectivity index (χ4n) is 2.44. The van der Waals surface area contributed by atoms with Crippen molar-refractivity contribution in [3.63, 3.8) is 0 Å². The molecule has 29 heavy (non-hydrogen) atoms. The lowest BCUT2D eigenvalue weighted by atomic mass is 10.2. The average Bonchev–Trinajstić information content (AvgIpc) is 2.69. The Balaban J connectivity index is 1.98. The van der Waals surface area contributed by atoms with E-state index in [2.05, 4.69) is 4.99 Å². The number of thioether (sulfide) groups is 1. The summed E-state index contributed by atoms with van der Waals surface area (Å²) in [6, 6.07) is 18.3. The monoisotopic (exact) mass is 414 g/mol. The first-order valence-corrected chi connectivity index (χ1v) is 9.55. The molecule has 0 radical (unpaired) electrons. The molecule has 1 aromatic heterocycles. The van der Waals surface area contributed by atoms with Gasteiger partial charge in [-0.15, -0.1) is 0 Å².